The second kappa shape index (κ2) is 4.82. The van der Waals surface area contributed by atoms with Gasteiger partial charge < -0.3 is 9.84 Å². The number of aliphatic hydroxyl groups excluding tert-OH is 1. The molecule has 0 aromatic heterocycles. The molecule has 0 saturated carbocycles. The van der Waals surface area contributed by atoms with E-state index in [1.807, 2.05) is 0 Å². The van der Waals surface area contributed by atoms with Gasteiger partial charge in [-0.25, -0.2) is 0 Å². The molecular formula is C10H10BrClO2. The predicted octanol–water partition coefficient (Wildman–Crippen LogP) is 3.33. The molecule has 0 aliphatic carbocycles. The molecule has 1 atom stereocenters. The third kappa shape index (κ3) is 2.29. The normalized spacial score (nSPS) is 12.3. The Kier molecular flexibility index (Phi) is 3.98. The molecule has 1 N–H and O–H groups in total. The minimum atomic E-state index is -0.778. The zero-order chi connectivity index (χ0) is 10.7. The minimum Gasteiger partial charge on any atom is -0.495 e. The molecule has 4 heteroatoms. The SMILES string of the molecule is C=CC(O)c1cc(Cl)cc(Br)c1OC. The summed E-state index contributed by atoms with van der Waals surface area (Å²) in [5.41, 5.74) is 0.599. The molecule has 0 radical (unpaired) electrons. The van der Waals surface area contributed by atoms with Crippen LogP contribution in [-0.4, -0.2) is 12.2 Å². The Morgan fingerprint density at radius 2 is 2.29 bits per heavy atom. The largest absolute Gasteiger partial charge is 0.495 e. The number of aliphatic hydroxyl groups is 1. The lowest BCUT2D eigenvalue weighted by molar-refractivity contribution is 0.223. The zero-order valence-electron chi connectivity index (χ0n) is 7.63. The van der Waals surface area contributed by atoms with Crippen LogP contribution in [0.4, 0.5) is 0 Å². The van der Waals surface area contributed by atoms with Crippen molar-refractivity contribution < 1.29 is 9.84 Å². The lowest BCUT2D eigenvalue weighted by Gasteiger charge is -2.13. The molecule has 1 rings (SSSR count). The maximum atomic E-state index is 9.61. The van der Waals surface area contributed by atoms with Crippen LogP contribution in [0, 0.1) is 0 Å². The molecule has 14 heavy (non-hydrogen) atoms. The molecule has 0 bridgehead atoms. The molecule has 0 amide bonds. The van der Waals surface area contributed by atoms with Crippen molar-refractivity contribution in [1.29, 1.82) is 0 Å². The Hall–Kier alpha value is -0.510. The Morgan fingerprint density at radius 1 is 1.64 bits per heavy atom. The lowest BCUT2D eigenvalue weighted by Crippen LogP contribution is -1.98. The van der Waals surface area contributed by atoms with E-state index in [0.29, 0.717) is 20.8 Å². The van der Waals surface area contributed by atoms with E-state index in [4.69, 9.17) is 16.3 Å². The summed E-state index contributed by atoms with van der Waals surface area (Å²) in [7, 11) is 1.54. The van der Waals surface area contributed by atoms with Gasteiger partial charge >= 0.3 is 0 Å². The van der Waals surface area contributed by atoms with Gasteiger partial charge in [0.1, 0.15) is 11.9 Å². The van der Waals surface area contributed by atoms with Crippen molar-refractivity contribution in [2.45, 2.75) is 6.10 Å². The summed E-state index contributed by atoms with van der Waals surface area (Å²) in [4.78, 5) is 0. The molecule has 0 fully saturated rings. The van der Waals surface area contributed by atoms with Gasteiger partial charge in [0, 0.05) is 10.6 Å². The summed E-state index contributed by atoms with van der Waals surface area (Å²) in [5, 5.41) is 10.1. The first kappa shape index (κ1) is 11.6. The van der Waals surface area contributed by atoms with E-state index in [1.165, 1.54) is 13.2 Å². The summed E-state index contributed by atoms with van der Waals surface area (Å²) in [5.74, 6) is 0.571. The topological polar surface area (TPSA) is 29.5 Å². The molecule has 0 saturated heterocycles. The van der Waals surface area contributed by atoms with E-state index in [-0.39, 0.29) is 0 Å². The monoisotopic (exact) mass is 276 g/mol. The average molecular weight is 278 g/mol. The molecule has 1 aromatic carbocycles. The molecule has 0 spiro atoms. The van der Waals surface area contributed by atoms with E-state index >= 15 is 0 Å². The molecule has 76 valence electrons. The van der Waals surface area contributed by atoms with E-state index in [0.717, 1.165) is 0 Å². The van der Waals surface area contributed by atoms with E-state index in [1.54, 1.807) is 12.1 Å². The molecule has 1 unspecified atom stereocenters. The summed E-state index contributed by atoms with van der Waals surface area (Å²) < 4.78 is 5.85. The van der Waals surface area contributed by atoms with Gasteiger partial charge in [0.15, 0.2) is 0 Å². The molecule has 1 aromatic rings. The van der Waals surface area contributed by atoms with Crippen molar-refractivity contribution in [2.24, 2.45) is 0 Å². The van der Waals surface area contributed by atoms with Gasteiger partial charge in [-0.05, 0) is 28.1 Å². The first-order chi connectivity index (χ1) is 6.60. The van der Waals surface area contributed by atoms with Gasteiger partial charge in [0.2, 0.25) is 0 Å². The van der Waals surface area contributed by atoms with Gasteiger partial charge in [-0.3, -0.25) is 0 Å². The highest BCUT2D eigenvalue weighted by Crippen LogP contribution is 2.36. The number of methoxy groups -OCH3 is 1. The Bertz CT molecular complexity index is 352. The first-order valence-corrected chi connectivity index (χ1v) is 5.10. The molecule has 0 heterocycles. The van der Waals surface area contributed by atoms with Crippen LogP contribution in [-0.2, 0) is 0 Å². The predicted molar refractivity (Wildman–Crippen MR) is 60.9 cm³/mol. The first-order valence-electron chi connectivity index (χ1n) is 3.93. The van der Waals surface area contributed by atoms with Crippen LogP contribution in [0.15, 0.2) is 29.3 Å². The van der Waals surface area contributed by atoms with Crippen LogP contribution < -0.4 is 4.74 Å². The highest BCUT2D eigenvalue weighted by molar-refractivity contribution is 9.10. The standard InChI is InChI=1S/C10H10BrClO2/c1-3-9(13)7-4-6(12)5-8(11)10(7)14-2/h3-5,9,13H,1H2,2H3. The number of benzene rings is 1. The number of rotatable bonds is 3. The number of hydrogen-bond acceptors (Lipinski definition) is 2. The highest BCUT2D eigenvalue weighted by atomic mass is 79.9. The quantitative estimate of drug-likeness (QED) is 0.859. The van der Waals surface area contributed by atoms with Crippen molar-refractivity contribution in [3.05, 3.63) is 39.8 Å². The molecule has 0 aliphatic heterocycles. The second-order valence-electron chi connectivity index (χ2n) is 2.69. The van der Waals surface area contributed by atoms with Crippen LogP contribution in [0.5, 0.6) is 5.75 Å². The van der Waals surface area contributed by atoms with Gasteiger partial charge in [-0.1, -0.05) is 17.7 Å². The maximum absolute atomic E-state index is 9.61. The Morgan fingerprint density at radius 3 is 2.79 bits per heavy atom. The van der Waals surface area contributed by atoms with Crippen molar-refractivity contribution >= 4 is 27.5 Å². The van der Waals surface area contributed by atoms with Gasteiger partial charge in [-0.2, -0.15) is 0 Å². The Balaban J connectivity index is 3.31. The second-order valence-corrected chi connectivity index (χ2v) is 3.98. The number of hydrogen-bond donors (Lipinski definition) is 1. The smallest absolute Gasteiger partial charge is 0.139 e. The van der Waals surface area contributed by atoms with Crippen LogP contribution in [0.2, 0.25) is 5.02 Å². The lowest BCUT2D eigenvalue weighted by atomic mass is 10.1. The van der Waals surface area contributed by atoms with Crippen molar-refractivity contribution in [2.75, 3.05) is 7.11 Å². The van der Waals surface area contributed by atoms with Crippen LogP contribution >= 0.6 is 27.5 Å². The van der Waals surface area contributed by atoms with Gasteiger partial charge in [-0.15, -0.1) is 6.58 Å². The van der Waals surface area contributed by atoms with E-state index < -0.39 is 6.10 Å². The number of ether oxygens (including phenoxy) is 1. The Labute approximate surface area is 96.3 Å². The molecule has 2 nitrogen and oxygen atoms in total. The molecular weight excluding hydrogens is 267 g/mol. The van der Waals surface area contributed by atoms with E-state index in [2.05, 4.69) is 22.5 Å². The van der Waals surface area contributed by atoms with Gasteiger partial charge in [0.05, 0.1) is 11.6 Å². The summed E-state index contributed by atoms with van der Waals surface area (Å²) in [6.07, 6.45) is 0.639. The number of halogens is 2. The molecule has 0 aliphatic rings. The summed E-state index contributed by atoms with van der Waals surface area (Å²) >= 11 is 9.15. The highest BCUT2D eigenvalue weighted by Gasteiger charge is 2.14. The van der Waals surface area contributed by atoms with Crippen molar-refractivity contribution in [1.82, 2.24) is 0 Å². The summed E-state index contributed by atoms with van der Waals surface area (Å²) in [6.45, 7) is 3.51. The minimum absolute atomic E-state index is 0.536. The third-order valence-corrected chi connectivity index (χ3v) is 2.59. The van der Waals surface area contributed by atoms with Gasteiger partial charge in [0.25, 0.3) is 0 Å². The van der Waals surface area contributed by atoms with Crippen molar-refractivity contribution in [3.63, 3.8) is 0 Å². The maximum Gasteiger partial charge on any atom is 0.139 e. The summed E-state index contributed by atoms with van der Waals surface area (Å²) in [6, 6.07) is 3.36. The fourth-order valence-corrected chi connectivity index (χ4v) is 2.14. The average Bonchev–Trinajstić information content (AvgIpc) is 2.15. The van der Waals surface area contributed by atoms with Crippen LogP contribution in [0.25, 0.3) is 0 Å². The van der Waals surface area contributed by atoms with Crippen molar-refractivity contribution in [3.8, 4) is 5.75 Å². The van der Waals surface area contributed by atoms with Crippen LogP contribution in [0.3, 0.4) is 0 Å². The fraction of sp³-hybridized carbons (Fsp3) is 0.200. The third-order valence-electron chi connectivity index (χ3n) is 1.78. The van der Waals surface area contributed by atoms with E-state index in [9.17, 15) is 5.11 Å². The zero-order valence-corrected chi connectivity index (χ0v) is 9.97. The fourth-order valence-electron chi connectivity index (χ4n) is 1.14. The van der Waals surface area contributed by atoms with Crippen LogP contribution in [0.1, 0.15) is 11.7 Å².